The van der Waals surface area contributed by atoms with E-state index in [2.05, 4.69) is 10.0 Å². The van der Waals surface area contributed by atoms with Gasteiger partial charge in [-0.05, 0) is 43.3 Å². The number of ether oxygens (including phenoxy) is 1. The van der Waals surface area contributed by atoms with Gasteiger partial charge < -0.3 is 10.1 Å². The second kappa shape index (κ2) is 8.45. The molecule has 26 heavy (non-hydrogen) atoms. The van der Waals surface area contributed by atoms with Crippen molar-refractivity contribution in [3.8, 4) is 0 Å². The van der Waals surface area contributed by atoms with Crippen molar-refractivity contribution < 1.29 is 18.1 Å². The van der Waals surface area contributed by atoms with Crippen molar-refractivity contribution in [2.24, 2.45) is 0 Å². The molecular weight excluding hydrogens is 382 g/mol. The predicted molar refractivity (Wildman–Crippen MR) is 99.5 cm³/mol. The lowest BCUT2D eigenvalue weighted by atomic mass is 10.2. The standard InChI is InChI=1S/C16H18ClN3O5S/c1-11(10-25-2)19-26(23,24)14-7-8-15(16(9-14)20(21)22)18-13-5-3-12(17)4-6-13/h3-9,11,18-19H,10H2,1-2H3. The Kier molecular flexibility index (Phi) is 6.54. The summed E-state index contributed by atoms with van der Waals surface area (Å²) in [5, 5.41) is 14.8. The largest absolute Gasteiger partial charge is 0.383 e. The van der Waals surface area contributed by atoms with Gasteiger partial charge >= 0.3 is 0 Å². The molecule has 0 spiro atoms. The molecule has 2 rings (SSSR count). The topological polar surface area (TPSA) is 111 Å². The maximum atomic E-state index is 12.4. The number of sulfonamides is 1. The van der Waals surface area contributed by atoms with Crippen LogP contribution in [0.1, 0.15) is 6.92 Å². The Bertz CT molecular complexity index is 887. The molecule has 0 radical (unpaired) electrons. The van der Waals surface area contributed by atoms with Crippen molar-refractivity contribution in [3.05, 3.63) is 57.6 Å². The molecule has 0 fully saturated rings. The van der Waals surface area contributed by atoms with Crippen LogP contribution in [0.3, 0.4) is 0 Å². The smallest absolute Gasteiger partial charge is 0.294 e. The van der Waals surface area contributed by atoms with Gasteiger partial charge in [0.15, 0.2) is 0 Å². The van der Waals surface area contributed by atoms with E-state index in [0.717, 1.165) is 6.07 Å². The number of benzene rings is 2. The number of nitro groups is 1. The van der Waals surface area contributed by atoms with E-state index in [1.807, 2.05) is 0 Å². The maximum absolute atomic E-state index is 12.4. The van der Waals surface area contributed by atoms with Crippen molar-refractivity contribution in [1.29, 1.82) is 0 Å². The highest BCUT2D eigenvalue weighted by molar-refractivity contribution is 7.89. The van der Waals surface area contributed by atoms with E-state index in [9.17, 15) is 18.5 Å². The van der Waals surface area contributed by atoms with E-state index in [0.29, 0.717) is 10.7 Å². The van der Waals surface area contributed by atoms with Crippen molar-refractivity contribution in [1.82, 2.24) is 4.72 Å². The van der Waals surface area contributed by atoms with E-state index in [1.165, 1.54) is 19.2 Å². The number of halogens is 1. The van der Waals surface area contributed by atoms with Crippen LogP contribution in [0.2, 0.25) is 5.02 Å². The molecule has 0 aliphatic rings. The van der Waals surface area contributed by atoms with Crippen molar-refractivity contribution in [3.63, 3.8) is 0 Å². The van der Waals surface area contributed by atoms with Gasteiger partial charge in [-0.15, -0.1) is 0 Å². The third-order valence-corrected chi connectivity index (χ3v) is 5.21. The van der Waals surface area contributed by atoms with Crippen LogP contribution in [0.25, 0.3) is 0 Å². The first kappa shape index (κ1) is 20.1. The molecule has 0 saturated heterocycles. The lowest BCUT2D eigenvalue weighted by molar-refractivity contribution is -0.384. The molecule has 1 unspecified atom stereocenters. The molecule has 0 bridgehead atoms. The molecule has 0 heterocycles. The second-order valence-electron chi connectivity index (χ2n) is 5.55. The summed E-state index contributed by atoms with van der Waals surface area (Å²) in [6, 6.07) is 9.77. The van der Waals surface area contributed by atoms with Crippen molar-refractivity contribution >= 4 is 38.7 Å². The first-order valence-electron chi connectivity index (χ1n) is 7.55. The molecule has 0 aliphatic carbocycles. The van der Waals surface area contributed by atoms with E-state index in [-0.39, 0.29) is 22.9 Å². The fraction of sp³-hybridized carbons (Fsp3) is 0.250. The fourth-order valence-electron chi connectivity index (χ4n) is 2.24. The Labute approximate surface area is 156 Å². The molecule has 0 aromatic heterocycles. The number of anilines is 2. The highest BCUT2D eigenvalue weighted by Gasteiger charge is 2.23. The molecule has 140 valence electrons. The molecule has 2 N–H and O–H groups in total. The first-order valence-corrected chi connectivity index (χ1v) is 9.41. The summed E-state index contributed by atoms with van der Waals surface area (Å²) in [4.78, 5) is 10.5. The Morgan fingerprint density at radius 3 is 2.46 bits per heavy atom. The predicted octanol–water partition coefficient (Wildman–Crippen LogP) is 3.31. The summed E-state index contributed by atoms with van der Waals surface area (Å²) in [5.41, 5.74) is 0.392. The van der Waals surface area contributed by atoms with Crippen LogP contribution in [-0.2, 0) is 14.8 Å². The van der Waals surface area contributed by atoms with Crippen LogP contribution in [0.4, 0.5) is 17.1 Å². The van der Waals surface area contributed by atoms with E-state index < -0.39 is 21.0 Å². The molecule has 0 amide bonds. The van der Waals surface area contributed by atoms with Gasteiger partial charge in [-0.25, -0.2) is 13.1 Å². The molecule has 8 nitrogen and oxygen atoms in total. The number of hydrogen-bond acceptors (Lipinski definition) is 6. The van der Waals surface area contributed by atoms with Crippen LogP contribution >= 0.6 is 11.6 Å². The van der Waals surface area contributed by atoms with E-state index in [4.69, 9.17) is 16.3 Å². The molecule has 0 saturated carbocycles. The second-order valence-corrected chi connectivity index (χ2v) is 7.70. The van der Waals surface area contributed by atoms with Crippen LogP contribution < -0.4 is 10.0 Å². The maximum Gasteiger partial charge on any atom is 0.294 e. The van der Waals surface area contributed by atoms with Crippen LogP contribution in [0.5, 0.6) is 0 Å². The zero-order valence-corrected chi connectivity index (χ0v) is 15.7. The van der Waals surface area contributed by atoms with E-state index >= 15 is 0 Å². The number of hydrogen-bond donors (Lipinski definition) is 2. The Balaban J connectivity index is 2.33. The van der Waals surface area contributed by atoms with Crippen LogP contribution in [-0.4, -0.2) is 33.1 Å². The number of methoxy groups -OCH3 is 1. The van der Waals surface area contributed by atoms with Gasteiger partial charge in [-0.2, -0.15) is 0 Å². The molecule has 10 heteroatoms. The third-order valence-electron chi connectivity index (χ3n) is 3.37. The van der Waals surface area contributed by atoms with Crippen molar-refractivity contribution in [2.45, 2.75) is 17.9 Å². The molecule has 0 aliphatic heterocycles. The van der Waals surface area contributed by atoms with Gasteiger partial charge in [0.1, 0.15) is 5.69 Å². The summed E-state index contributed by atoms with van der Waals surface area (Å²) in [6.45, 7) is 1.81. The van der Waals surface area contributed by atoms with Gasteiger partial charge in [0.2, 0.25) is 10.0 Å². The lowest BCUT2D eigenvalue weighted by Gasteiger charge is -2.14. The number of rotatable bonds is 8. The zero-order chi connectivity index (χ0) is 19.3. The quantitative estimate of drug-likeness (QED) is 0.520. The minimum Gasteiger partial charge on any atom is -0.383 e. The molecular formula is C16H18ClN3O5S. The normalized spacial score (nSPS) is 12.6. The van der Waals surface area contributed by atoms with Crippen molar-refractivity contribution in [2.75, 3.05) is 19.0 Å². The number of nitro benzene ring substituents is 1. The van der Waals surface area contributed by atoms with E-state index in [1.54, 1.807) is 31.2 Å². The van der Waals surface area contributed by atoms with Crippen LogP contribution in [0.15, 0.2) is 47.4 Å². The Morgan fingerprint density at radius 2 is 1.88 bits per heavy atom. The van der Waals surface area contributed by atoms with Gasteiger partial charge in [-0.3, -0.25) is 10.1 Å². The summed E-state index contributed by atoms with van der Waals surface area (Å²) in [5.74, 6) is 0. The van der Waals surface area contributed by atoms with Gasteiger partial charge in [0.25, 0.3) is 5.69 Å². The summed E-state index contributed by atoms with van der Waals surface area (Å²) in [6.07, 6.45) is 0. The van der Waals surface area contributed by atoms with Gasteiger partial charge in [-0.1, -0.05) is 11.6 Å². The number of nitrogens with one attached hydrogen (secondary N) is 2. The average Bonchev–Trinajstić information content (AvgIpc) is 2.56. The van der Waals surface area contributed by atoms with Crippen LogP contribution in [0, 0.1) is 10.1 Å². The summed E-state index contributed by atoms with van der Waals surface area (Å²) in [7, 11) is -2.46. The summed E-state index contributed by atoms with van der Waals surface area (Å²) >= 11 is 5.81. The minimum atomic E-state index is -3.91. The summed E-state index contributed by atoms with van der Waals surface area (Å²) < 4.78 is 32.0. The third kappa shape index (κ3) is 5.15. The minimum absolute atomic E-state index is 0.168. The monoisotopic (exact) mass is 399 g/mol. The molecule has 2 aromatic rings. The SMILES string of the molecule is COCC(C)NS(=O)(=O)c1ccc(Nc2ccc(Cl)cc2)c([N+](=O)[O-])c1. The lowest BCUT2D eigenvalue weighted by Crippen LogP contribution is -2.35. The molecule has 2 aromatic carbocycles. The fourth-order valence-corrected chi connectivity index (χ4v) is 3.61. The first-order chi connectivity index (χ1) is 12.2. The average molecular weight is 400 g/mol. The van der Waals surface area contributed by atoms with Gasteiger partial charge in [0.05, 0.1) is 16.4 Å². The number of nitrogens with zero attached hydrogens (tertiary/aromatic N) is 1. The Hall–Kier alpha value is -2.20. The zero-order valence-electron chi connectivity index (χ0n) is 14.1. The van der Waals surface area contributed by atoms with Gasteiger partial charge in [0, 0.05) is 29.9 Å². The highest BCUT2D eigenvalue weighted by atomic mass is 35.5. The molecule has 1 atom stereocenters. The highest BCUT2D eigenvalue weighted by Crippen LogP contribution is 2.30. The Morgan fingerprint density at radius 1 is 1.23 bits per heavy atom.